The Bertz CT molecular complexity index is 758. The Hall–Kier alpha value is -0.815. The molecule has 8 heteroatoms. The van der Waals surface area contributed by atoms with Crippen LogP contribution < -0.4 is 0 Å². The molecule has 0 spiro atoms. The Labute approximate surface area is 187 Å². The summed E-state index contributed by atoms with van der Waals surface area (Å²) in [5.74, 6) is 0.279. The van der Waals surface area contributed by atoms with Crippen LogP contribution in [-0.4, -0.2) is 66.6 Å². The number of nitrogens with zero attached hydrogens (tertiary/aromatic N) is 2. The average molecular weight is 444 g/mol. The van der Waals surface area contributed by atoms with Crippen molar-refractivity contribution in [3.63, 3.8) is 0 Å². The molecule has 4 aliphatic rings. The van der Waals surface area contributed by atoms with Gasteiger partial charge in [0.15, 0.2) is 0 Å². The van der Waals surface area contributed by atoms with Gasteiger partial charge >= 0.3 is 0 Å². The monoisotopic (exact) mass is 444 g/mol. The summed E-state index contributed by atoms with van der Waals surface area (Å²) in [5.41, 5.74) is 1.25. The van der Waals surface area contributed by atoms with Gasteiger partial charge in [-0.05, 0) is 44.2 Å². The lowest BCUT2D eigenvalue weighted by atomic mass is 9.74. The first kappa shape index (κ1) is 22.0. The van der Waals surface area contributed by atoms with Crippen molar-refractivity contribution in [3.8, 4) is 0 Å². The van der Waals surface area contributed by atoms with Gasteiger partial charge in [-0.2, -0.15) is 0 Å². The van der Waals surface area contributed by atoms with Crippen LogP contribution in [0.25, 0.3) is 0 Å². The summed E-state index contributed by atoms with van der Waals surface area (Å²) in [6.45, 7) is 6.46. The van der Waals surface area contributed by atoms with Gasteiger partial charge in [0.05, 0.1) is 24.3 Å². The SMILES string of the molecule is CCC1OC(BN2CCC[C@H]2C=O)C(C)[C@H]1OP1O[C@H](c2ccccc2)[C@@H]2CCCN21. The first-order chi connectivity index (χ1) is 15.2. The molecule has 4 saturated heterocycles. The summed E-state index contributed by atoms with van der Waals surface area (Å²) >= 11 is 0. The van der Waals surface area contributed by atoms with Crippen LogP contribution in [0.1, 0.15) is 57.6 Å². The van der Waals surface area contributed by atoms with Gasteiger partial charge < -0.3 is 23.4 Å². The van der Waals surface area contributed by atoms with Crippen LogP contribution in [0.2, 0.25) is 0 Å². The fourth-order valence-electron chi connectivity index (χ4n) is 5.77. The molecular weight excluding hydrogens is 410 g/mol. The predicted molar refractivity (Wildman–Crippen MR) is 123 cm³/mol. The number of carbonyl (C=O) groups is 1. The number of rotatable bonds is 7. The van der Waals surface area contributed by atoms with Crippen LogP contribution >= 0.6 is 8.53 Å². The van der Waals surface area contributed by atoms with Gasteiger partial charge in [-0.25, -0.2) is 4.67 Å². The van der Waals surface area contributed by atoms with Gasteiger partial charge in [0.1, 0.15) is 12.4 Å². The molecule has 1 aromatic rings. The first-order valence-corrected chi connectivity index (χ1v) is 13.1. The second kappa shape index (κ2) is 9.58. The maximum atomic E-state index is 11.4. The summed E-state index contributed by atoms with van der Waals surface area (Å²) in [4.78, 5) is 13.7. The van der Waals surface area contributed by atoms with E-state index >= 15 is 0 Å². The lowest BCUT2D eigenvalue weighted by molar-refractivity contribution is -0.110. The highest BCUT2D eigenvalue weighted by Crippen LogP contribution is 2.61. The zero-order valence-corrected chi connectivity index (χ0v) is 19.5. The molecule has 0 aliphatic carbocycles. The molecular formula is C23H34BN2O4P. The van der Waals surface area contributed by atoms with E-state index in [0.29, 0.717) is 6.04 Å². The van der Waals surface area contributed by atoms with Crippen molar-refractivity contribution in [2.45, 2.75) is 82.4 Å². The van der Waals surface area contributed by atoms with Crippen molar-refractivity contribution >= 4 is 22.2 Å². The Morgan fingerprint density at radius 2 is 2.03 bits per heavy atom. The van der Waals surface area contributed by atoms with E-state index in [4.69, 9.17) is 13.8 Å². The Morgan fingerprint density at radius 1 is 1.23 bits per heavy atom. The van der Waals surface area contributed by atoms with Crippen LogP contribution in [0.5, 0.6) is 0 Å². The molecule has 4 unspecified atom stereocenters. The average Bonchev–Trinajstić information content (AvgIpc) is 3.56. The quantitative estimate of drug-likeness (QED) is 0.364. The molecule has 0 saturated carbocycles. The van der Waals surface area contributed by atoms with Gasteiger partial charge in [0, 0.05) is 18.5 Å². The molecule has 31 heavy (non-hydrogen) atoms. The van der Waals surface area contributed by atoms with E-state index in [1.54, 1.807) is 0 Å². The summed E-state index contributed by atoms with van der Waals surface area (Å²) in [5, 5.41) is 0. The summed E-state index contributed by atoms with van der Waals surface area (Å²) in [6.07, 6.45) is 6.69. The maximum Gasteiger partial charge on any atom is 0.260 e. The third-order valence-corrected chi connectivity index (χ3v) is 9.33. The van der Waals surface area contributed by atoms with Crippen molar-refractivity contribution in [2.24, 2.45) is 5.92 Å². The summed E-state index contributed by atoms with van der Waals surface area (Å²) in [7, 11) is -0.263. The first-order valence-electron chi connectivity index (χ1n) is 12.0. The third kappa shape index (κ3) is 4.26. The van der Waals surface area contributed by atoms with Crippen LogP contribution in [0, 0.1) is 5.92 Å². The molecule has 0 bridgehead atoms. The number of benzene rings is 1. The van der Waals surface area contributed by atoms with Gasteiger partial charge in [0.25, 0.3) is 8.53 Å². The molecule has 8 atom stereocenters. The fourth-order valence-corrected chi connectivity index (χ4v) is 7.84. The van der Waals surface area contributed by atoms with Gasteiger partial charge in [0.2, 0.25) is 7.41 Å². The van der Waals surface area contributed by atoms with Crippen molar-refractivity contribution in [1.29, 1.82) is 0 Å². The Kier molecular flexibility index (Phi) is 6.80. The third-order valence-electron chi connectivity index (χ3n) is 7.58. The van der Waals surface area contributed by atoms with Crippen LogP contribution in [0.4, 0.5) is 0 Å². The fraction of sp³-hybridized carbons (Fsp3) is 0.696. The molecule has 0 amide bonds. The van der Waals surface area contributed by atoms with Crippen molar-refractivity contribution < 1.29 is 18.6 Å². The molecule has 6 nitrogen and oxygen atoms in total. The molecule has 168 valence electrons. The standard InChI is InChI=1S/C23H34BN2O4P/c1-3-20-21(16(2)23(28-20)24-25-13-7-11-18(25)15-27)29-31-26-14-8-12-19(26)22(30-31)17-9-5-4-6-10-17/h4-6,9-10,15-16,18-24H,3,7-8,11-14H2,1-2H3/t16?,18-,19-,20?,21+,22+,23?,31?/m0/s1. The van der Waals surface area contributed by atoms with Crippen LogP contribution in [-0.2, 0) is 18.6 Å². The molecule has 0 radical (unpaired) electrons. The molecule has 1 aromatic carbocycles. The molecule has 0 aromatic heterocycles. The second-order valence-electron chi connectivity index (χ2n) is 9.44. The number of ether oxygens (including phenoxy) is 1. The normalized spacial score (nSPS) is 41.0. The van der Waals surface area contributed by atoms with E-state index in [1.165, 1.54) is 18.4 Å². The minimum absolute atomic E-state index is 0.0363. The van der Waals surface area contributed by atoms with Gasteiger partial charge in [-0.3, -0.25) is 0 Å². The lowest BCUT2D eigenvalue weighted by Gasteiger charge is -2.28. The van der Waals surface area contributed by atoms with E-state index < -0.39 is 8.53 Å². The molecule has 0 N–H and O–H groups in total. The minimum atomic E-state index is -1.08. The lowest BCUT2D eigenvalue weighted by Crippen LogP contribution is -2.42. The summed E-state index contributed by atoms with van der Waals surface area (Å²) < 4.78 is 22.3. The van der Waals surface area contributed by atoms with Crippen molar-refractivity contribution in [1.82, 2.24) is 9.48 Å². The second-order valence-corrected chi connectivity index (χ2v) is 10.8. The largest absolute Gasteiger partial charge is 0.379 e. The number of hydrogen-bond acceptors (Lipinski definition) is 6. The van der Waals surface area contributed by atoms with Gasteiger partial charge in [-0.1, -0.05) is 44.2 Å². The summed E-state index contributed by atoms with van der Waals surface area (Å²) in [6, 6.07) is 11.2. The van der Waals surface area contributed by atoms with Crippen LogP contribution in [0.3, 0.4) is 0 Å². The molecule has 4 aliphatic heterocycles. The predicted octanol–water partition coefficient (Wildman–Crippen LogP) is 3.62. The van der Waals surface area contributed by atoms with E-state index in [0.717, 1.165) is 46.1 Å². The smallest absolute Gasteiger partial charge is 0.260 e. The van der Waals surface area contributed by atoms with E-state index in [1.807, 2.05) is 0 Å². The van der Waals surface area contributed by atoms with Gasteiger partial charge in [-0.15, -0.1) is 0 Å². The maximum absolute atomic E-state index is 11.4. The van der Waals surface area contributed by atoms with E-state index in [-0.39, 0.29) is 36.3 Å². The number of fused-ring (bicyclic) bond motifs is 1. The molecule has 4 fully saturated rings. The number of carbonyl (C=O) groups excluding carboxylic acids is 1. The highest BCUT2D eigenvalue weighted by molar-refractivity contribution is 7.45. The van der Waals surface area contributed by atoms with E-state index in [2.05, 4.69) is 53.7 Å². The minimum Gasteiger partial charge on any atom is -0.379 e. The molecule has 4 heterocycles. The van der Waals surface area contributed by atoms with E-state index in [9.17, 15) is 4.79 Å². The highest BCUT2D eigenvalue weighted by atomic mass is 31.2. The molecule has 5 rings (SSSR count). The zero-order chi connectivity index (χ0) is 21.4. The zero-order valence-electron chi connectivity index (χ0n) is 18.6. The topological polar surface area (TPSA) is 51.2 Å². The number of aldehydes is 1. The number of hydrogen-bond donors (Lipinski definition) is 0. The Balaban J connectivity index is 1.28. The highest BCUT2D eigenvalue weighted by Gasteiger charge is 2.51. The Morgan fingerprint density at radius 3 is 2.81 bits per heavy atom. The van der Waals surface area contributed by atoms with Crippen LogP contribution in [0.15, 0.2) is 30.3 Å². The van der Waals surface area contributed by atoms with Crippen molar-refractivity contribution in [2.75, 3.05) is 13.1 Å². The van der Waals surface area contributed by atoms with Crippen molar-refractivity contribution in [3.05, 3.63) is 35.9 Å².